The molecule has 0 radical (unpaired) electrons. The van der Waals surface area contributed by atoms with Crippen molar-refractivity contribution in [3.8, 4) is 17.2 Å². The number of nitrogens with zero attached hydrogens (tertiary/aromatic N) is 1. The van der Waals surface area contributed by atoms with Crippen molar-refractivity contribution >= 4 is 5.91 Å². The lowest BCUT2D eigenvalue weighted by Crippen LogP contribution is -2.23. The van der Waals surface area contributed by atoms with Gasteiger partial charge in [0.25, 0.3) is 5.91 Å². The number of carbonyl (C=O) groups excluding carboxylic acids is 1. The Balaban J connectivity index is 1.25. The number of nitrogens with one attached hydrogen (secondary N) is 1. The molecule has 0 aliphatic carbocycles. The van der Waals surface area contributed by atoms with Crippen LogP contribution < -0.4 is 19.5 Å². The molecule has 0 saturated carbocycles. The summed E-state index contributed by atoms with van der Waals surface area (Å²) in [5, 5.41) is 2.95. The zero-order chi connectivity index (χ0) is 23.4. The summed E-state index contributed by atoms with van der Waals surface area (Å²) in [4.78, 5) is 17.0. The van der Waals surface area contributed by atoms with Crippen LogP contribution >= 0.6 is 0 Å². The molecule has 0 spiro atoms. The molecule has 1 amide bonds. The summed E-state index contributed by atoms with van der Waals surface area (Å²) in [6.07, 6.45) is 1.74. The Morgan fingerprint density at radius 3 is 2.21 bits per heavy atom. The van der Waals surface area contributed by atoms with Crippen molar-refractivity contribution in [3.05, 3.63) is 120 Å². The molecule has 0 unspecified atom stereocenters. The molecule has 0 aliphatic rings. The van der Waals surface area contributed by atoms with Crippen LogP contribution in [0.15, 0.2) is 103 Å². The van der Waals surface area contributed by atoms with Crippen molar-refractivity contribution < 1.29 is 19.0 Å². The minimum Gasteiger partial charge on any atom is -0.490 e. The molecular weight excluding hydrogens is 428 g/mol. The lowest BCUT2D eigenvalue weighted by molar-refractivity contribution is 0.0945. The van der Waals surface area contributed by atoms with Crippen LogP contribution in [0.5, 0.6) is 17.2 Å². The molecular formula is C28H26N2O4. The summed E-state index contributed by atoms with van der Waals surface area (Å²) in [5.41, 5.74) is 2.32. The highest BCUT2D eigenvalue weighted by Gasteiger charge is 2.12. The second-order valence-electron chi connectivity index (χ2n) is 7.44. The molecule has 0 saturated heterocycles. The second kappa shape index (κ2) is 12.1. The van der Waals surface area contributed by atoms with Gasteiger partial charge in [0.1, 0.15) is 37.1 Å². The van der Waals surface area contributed by atoms with Crippen LogP contribution in [0.1, 0.15) is 21.6 Å². The van der Waals surface area contributed by atoms with E-state index in [9.17, 15) is 4.79 Å². The summed E-state index contributed by atoms with van der Waals surface area (Å²) in [6.45, 7) is 1.52. The molecule has 34 heavy (non-hydrogen) atoms. The fourth-order valence-corrected chi connectivity index (χ4v) is 3.23. The average molecular weight is 455 g/mol. The Morgan fingerprint density at radius 2 is 1.41 bits per heavy atom. The molecule has 6 nitrogen and oxygen atoms in total. The molecule has 0 fully saturated rings. The smallest absolute Gasteiger partial charge is 0.255 e. The van der Waals surface area contributed by atoms with Crippen LogP contribution in [0.3, 0.4) is 0 Å². The summed E-state index contributed by atoms with van der Waals surface area (Å²) < 4.78 is 17.2. The SMILES string of the molecule is O=C(NCc1ccc(OCc2ccccn2)cc1)c1ccccc1OCCOc1ccccc1. The predicted molar refractivity (Wildman–Crippen MR) is 130 cm³/mol. The maximum absolute atomic E-state index is 12.8. The van der Waals surface area contributed by atoms with Gasteiger partial charge in [0.15, 0.2) is 0 Å². The van der Waals surface area contributed by atoms with Gasteiger partial charge in [0.05, 0.1) is 11.3 Å². The topological polar surface area (TPSA) is 69.7 Å². The average Bonchev–Trinajstić information content (AvgIpc) is 2.90. The van der Waals surface area contributed by atoms with Gasteiger partial charge in [-0.25, -0.2) is 0 Å². The Kier molecular flexibility index (Phi) is 8.11. The van der Waals surface area contributed by atoms with Crippen LogP contribution in [-0.4, -0.2) is 24.1 Å². The first-order valence-corrected chi connectivity index (χ1v) is 11.1. The number of amides is 1. The van der Waals surface area contributed by atoms with Gasteiger partial charge in [-0.2, -0.15) is 0 Å². The van der Waals surface area contributed by atoms with E-state index in [4.69, 9.17) is 14.2 Å². The number of para-hydroxylation sites is 2. The van der Waals surface area contributed by atoms with Crippen molar-refractivity contribution in [1.29, 1.82) is 0 Å². The molecule has 0 aliphatic heterocycles. The standard InChI is InChI=1S/C28H26N2O4/c31-28(26-11-4-5-12-27(26)33-19-18-32-24-9-2-1-3-10-24)30-20-22-13-15-25(16-14-22)34-21-23-8-6-7-17-29-23/h1-17H,18-21H2,(H,30,31). The van der Waals surface area contributed by atoms with E-state index >= 15 is 0 Å². The molecule has 172 valence electrons. The van der Waals surface area contributed by atoms with Crippen LogP contribution in [-0.2, 0) is 13.2 Å². The molecule has 0 atom stereocenters. The lowest BCUT2D eigenvalue weighted by Gasteiger charge is -2.13. The molecule has 3 aromatic carbocycles. The summed E-state index contributed by atoms with van der Waals surface area (Å²) in [7, 11) is 0. The van der Waals surface area contributed by atoms with E-state index in [1.807, 2.05) is 84.9 Å². The van der Waals surface area contributed by atoms with Gasteiger partial charge in [-0.05, 0) is 54.1 Å². The van der Waals surface area contributed by atoms with E-state index in [1.54, 1.807) is 18.3 Å². The first-order valence-electron chi connectivity index (χ1n) is 11.1. The van der Waals surface area contributed by atoms with Gasteiger partial charge in [0.2, 0.25) is 0 Å². The third-order valence-corrected chi connectivity index (χ3v) is 4.97. The van der Waals surface area contributed by atoms with Crippen LogP contribution in [0.2, 0.25) is 0 Å². The van der Waals surface area contributed by atoms with Gasteiger partial charge >= 0.3 is 0 Å². The number of aromatic nitrogens is 1. The van der Waals surface area contributed by atoms with E-state index in [2.05, 4.69) is 10.3 Å². The number of carbonyl (C=O) groups is 1. The van der Waals surface area contributed by atoms with Gasteiger partial charge < -0.3 is 19.5 Å². The number of hydrogen-bond donors (Lipinski definition) is 1. The van der Waals surface area contributed by atoms with Crippen molar-refractivity contribution in [2.75, 3.05) is 13.2 Å². The highest BCUT2D eigenvalue weighted by Crippen LogP contribution is 2.19. The minimum atomic E-state index is -0.199. The van der Waals surface area contributed by atoms with E-state index < -0.39 is 0 Å². The molecule has 1 heterocycles. The molecule has 4 rings (SSSR count). The molecule has 1 N–H and O–H groups in total. The largest absolute Gasteiger partial charge is 0.490 e. The fraction of sp³-hybridized carbons (Fsp3) is 0.143. The van der Waals surface area contributed by atoms with E-state index in [-0.39, 0.29) is 5.91 Å². The summed E-state index contributed by atoms with van der Waals surface area (Å²) in [5.74, 6) is 1.85. The zero-order valence-corrected chi connectivity index (χ0v) is 18.7. The summed E-state index contributed by atoms with van der Waals surface area (Å²) >= 11 is 0. The van der Waals surface area contributed by atoms with Gasteiger partial charge in [-0.3, -0.25) is 9.78 Å². The third kappa shape index (κ3) is 6.84. The third-order valence-electron chi connectivity index (χ3n) is 4.97. The number of hydrogen-bond acceptors (Lipinski definition) is 5. The Morgan fingerprint density at radius 1 is 0.706 bits per heavy atom. The second-order valence-corrected chi connectivity index (χ2v) is 7.44. The van der Waals surface area contributed by atoms with Crippen molar-refractivity contribution in [2.45, 2.75) is 13.2 Å². The highest BCUT2D eigenvalue weighted by molar-refractivity contribution is 5.96. The first-order chi connectivity index (χ1) is 16.8. The summed E-state index contributed by atoms with van der Waals surface area (Å²) in [6, 6.07) is 30.1. The number of ether oxygens (including phenoxy) is 3. The first kappa shape index (κ1) is 22.9. The normalized spacial score (nSPS) is 10.4. The van der Waals surface area contributed by atoms with E-state index in [0.29, 0.717) is 37.7 Å². The Bertz CT molecular complexity index is 1170. The Labute approximate surface area is 199 Å². The van der Waals surface area contributed by atoms with Crippen LogP contribution in [0.25, 0.3) is 0 Å². The maximum Gasteiger partial charge on any atom is 0.255 e. The van der Waals surface area contributed by atoms with E-state index in [1.165, 1.54) is 0 Å². The monoisotopic (exact) mass is 454 g/mol. The van der Waals surface area contributed by atoms with Gasteiger partial charge in [-0.15, -0.1) is 0 Å². The minimum absolute atomic E-state index is 0.199. The van der Waals surface area contributed by atoms with Crippen molar-refractivity contribution in [2.24, 2.45) is 0 Å². The van der Waals surface area contributed by atoms with Crippen LogP contribution in [0, 0.1) is 0 Å². The van der Waals surface area contributed by atoms with Gasteiger partial charge in [-0.1, -0.05) is 48.5 Å². The molecule has 4 aromatic rings. The molecule has 6 heteroatoms. The zero-order valence-electron chi connectivity index (χ0n) is 18.7. The highest BCUT2D eigenvalue weighted by atomic mass is 16.5. The maximum atomic E-state index is 12.8. The van der Waals surface area contributed by atoms with Gasteiger partial charge in [0, 0.05) is 12.7 Å². The Hall–Kier alpha value is -4.32. The van der Waals surface area contributed by atoms with Crippen molar-refractivity contribution in [3.63, 3.8) is 0 Å². The molecule has 1 aromatic heterocycles. The number of pyridine rings is 1. The van der Waals surface area contributed by atoms with Crippen LogP contribution in [0.4, 0.5) is 0 Å². The van der Waals surface area contributed by atoms with E-state index in [0.717, 1.165) is 22.8 Å². The quantitative estimate of drug-likeness (QED) is 0.321. The lowest BCUT2D eigenvalue weighted by atomic mass is 10.1. The number of rotatable bonds is 11. The number of benzene rings is 3. The molecule has 0 bridgehead atoms. The predicted octanol–water partition coefficient (Wildman–Crippen LogP) is 5.05. The van der Waals surface area contributed by atoms with Crippen molar-refractivity contribution in [1.82, 2.24) is 10.3 Å². The fourth-order valence-electron chi connectivity index (χ4n) is 3.23.